The number of sulfonamides is 1. The number of thiazole rings is 1. The van der Waals surface area contributed by atoms with Gasteiger partial charge in [-0.25, -0.2) is 13.4 Å². The van der Waals surface area contributed by atoms with E-state index in [0.717, 1.165) is 35.3 Å². The molecule has 1 amide bonds. The zero-order chi connectivity index (χ0) is 24.9. The molecular weight excluding hydrogens is 476 g/mol. The third-order valence-electron chi connectivity index (χ3n) is 5.85. The highest BCUT2D eigenvalue weighted by molar-refractivity contribution is 7.93. The molecule has 1 saturated heterocycles. The fourth-order valence-corrected chi connectivity index (χ4v) is 5.99. The molecule has 2 aromatic rings. The van der Waals surface area contributed by atoms with E-state index < -0.39 is 22.4 Å². The fourth-order valence-electron chi connectivity index (χ4n) is 3.96. The summed E-state index contributed by atoms with van der Waals surface area (Å²) in [5, 5.41) is 18.7. The fraction of sp³-hybridized carbons (Fsp3) is 0.391. The molecule has 0 radical (unpaired) electrons. The van der Waals surface area contributed by atoms with Crippen molar-refractivity contribution in [3.8, 4) is 0 Å². The second-order valence-electron chi connectivity index (χ2n) is 7.98. The second-order valence-corrected chi connectivity index (χ2v) is 10.5. The predicted octanol–water partition coefficient (Wildman–Crippen LogP) is 2.48. The summed E-state index contributed by atoms with van der Waals surface area (Å²) >= 11 is 0.966. The number of nitrogens with one attached hydrogen (secondary N) is 1. The van der Waals surface area contributed by atoms with E-state index in [9.17, 15) is 23.4 Å². The van der Waals surface area contributed by atoms with Gasteiger partial charge < -0.3 is 20.8 Å². The highest BCUT2D eigenvalue weighted by atomic mass is 32.2. The number of benzene rings is 1. The van der Waals surface area contributed by atoms with Crippen LogP contribution in [-0.2, 0) is 14.8 Å². The number of carbonyl (C=O) groups excluding carboxylic acids is 1. The van der Waals surface area contributed by atoms with E-state index >= 15 is 0 Å². The minimum atomic E-state index is -3.91. The quantitative estimate of drug-likeness (QED) is 0.318. The first-order valence-electron chi connectivity index (χ1n) is 10.9. The number of likely N-dealkylation sites (tertiary alicyclic amines) is 1. The number of aliphatic hydroxyl groups is 2. The van der Waals surface area contributed by atoms with Crippen molar-refractivity contribution in [2.75, 3.05) is 17.8 Å². The molecule has 3 rings (SSSR count). The Morgan fingerprint density at radius 1 is 1.24 bits per heavy atom. The van der Waals surface area contributed by atoms with Gasteiger partial charge in [-0.15, -0.1) is 11.3 Å². The number of aromatic nitrogens is 1. The lowest BCUT2D eigenvalue weighted by atomic mass is 9.89. The molecule has 1 aliphatic rings. The van der Waals surface area contributed by atoms with Crippen LogP contribution in [0.2, 0.25) is 0 Å². The maximum Gasteiger partial charge on any atom is 0.262 e. The highest BCUT2D eigenvalue weighted by Gasteiger charge is 2.28. The molecule has 0 aliphatic carbocycles. The molecule has 1 unspecified atom stereocenters. The largest absolute Gasteiger partial charge is 0.363 e. The molecule has 1 aliphatic heterocycles. The topological polar surface area (TPSA) is 146 Å². The number of anilines is 1. The minimum absolute atomic E-state index is 0.0597. The second kappa shape index (κ2) is 11.2. The third-order valence-corrected chi connectivity index (χ3v) is 8.11. The molecule has 0 saturated carbocycles. The number of allylic oxidation sites excluding steroid dienone is 2. The zero-order valence-electron chi connectivity index (χ0n) is 19.1. The standard InChI is InChI=1S/C23H30N4O5S2/c1-3-5-15(4-2)19(24)22(28)27-12-10-17(11-13-27)16-6-8-18(9-7-16)34(31,32)26-21-20(23(29)30)25-14-33-21/h3-9,14,17,19,23,26,29-30H,10-13,24H2,1-2H3. The highest BCUT2D eigenvalue weighted by Crippen LogP contribution is 2.31. The number of nitrogens with two attached hydrogens (primary N) is 1. The number of aliphatic hydroxyl groups excluding tert-OH is 1. The van der Waals surface area contributed by atoms with E-state index in [0.29, 0.717) is 13.1 Å². The number of hydrogen-bond acceptors (Lipinski definition) is 8. The average Bonchev–Trinajstić information content (AvgIpc) is 3.29. The Bertz CT molecular complexity index is 1150. The first-order chi connectivity index (χ1) is 16.2. The first kappa shape index (κ1) is 26.0. The van der Waals surface area contributed by atoms with Gasteiger partial charge in [0.1, 0.15) is 16.7 Å². The van der Waals surface area contributed by atoms with Crippen LogP contribution in [0.5, 0.6) is 0 Å². The van der Waals surface area contributed by atoms with Crippen molar-refractivity contribution in [3.05, 3.63) is 64.8 Å². The van der Waals surface area contributed by atoms with E-state index in [2.05, 4.69) is 9.71 Å². The number of piperidine rings is 1. The molecule has 1 fully saturated rings. The summed E-state index contributed by atoms with van der Waals surface area (Å²) in [6.45, 7) is 4.92. The monoisotopic (exact) mass is 506 g/mol. The Morgan fingerprint density at radius 2 is 1.88 bits per heavy atom. The van der Waals surface area contributed by atoms with Crippen molar-refractivity contribution in [1.29, 1.82) is 0 Å². The summed E-state index contributed by atoms with van der Waals surface area (Å²) in [5.74, 6) is 0.118. The van der Waals surface area contributed by atoms with Gasteiger partial charge in [0.15, 0.2) is 6.29 Å². The van der Waals surface area contributed by atoms with Crippen molar-refractivity contribution in [2.24, 2.45) is 5.73 Å². The van der Waals surface area contributed by atoms with Gasteiger partial charge in [0.2, 0.25) is 5.91 Å². The van der Waals surface area contributed by atoms with E-state index in [1.807, 2.05) is 32.1 Å². The maximum atomic E-state index is 12.8. The van der Waals surface area contributed by atoms with Crippen molar-refractivity contribution in [1.82, 2.24) is 9.88 Å². The maximum absolute atomic E-state index is 12.8. The lowest BCUT2D eigenvalue weighted by Crippen LogP contribution is -2.47. The van der Waals surface area contributed by atoms with Gasteiger partial charge in [-0.1, -0.05) is 30.4 Å². The zero-order valence-corrected chi connectivity index (χ0v) is 20.7. The van der Waals surface area contributed by atoms with Crippen LogP contribution < -0.4 is 10.5 Å². The molecule has 34 heavy (non-hydrogen) atoms. The van der Waals surface area contributed by atoms with E-state index in [1.165, 1.54) is 17.6 Å². The van der Waals surface area contributed by atoms with Crippen LogP contribution >= 0.6 is 11.3 Å². The van der Waals surface area contributed by atoms with Crippen LogP contribution in [-0.4, -0.2) is 53.6 Å². The third kappa shape index (κ3) is 5.91. The van der Waals surface area contributed by atoms with Gasteiger partial charge in [0.25, 0.3) is 10.0 Å². The summed E-state index contributed by atoms with van der Waals surface area (Å²) in [7, 11) is -3.91. The van der Waals surface area contributed by atoms with Crippen molar-refractivity contribution >= 4 is 32.3 Å². The number of nitrogens with zero attached hydrogens (tertiary/aromatic N) is 2. The van der Waals surface area contributed by atoms with Crippen LogP contribution in [0.3, 0.4) is 0 Å². The summed E-state index contributed by atoms with van der Waals surface area (Å²) in [6.07, 6.45) is 5.21. The average molecular weight is 507 g/mol. The number of carbonyl (C=O) groups is 1. The normalized spacial score (nSPS) is 16.9. The van der Waals surface area contributed by atoms with Crippen LogP contribution in [0.4, 0.5) is 5.00 Å². The Labute approximate surface area is 203 Å². The molecule has 184 valence electrons. The molecular formula is C23H30N4O5S2. The number of amides is 1. The Morgan fingerprint density at radius 3 is 2.44 bits per heavy atom. The van der Waals surface area contributed by atoms with Crippen molar-refractivity contribution < 1.29 is 23.4 Å². The summed E-state index contributed by atoms with van der Waals surface area (Å²) in [4.78, 5) is 18.4. The van der Waals surface area contributed by atoms with Gasteiger partial charge in [0, 0.05) is 13.1 Å². The van der Waals surface area contributed by atoms with E-state index in [-0.39, 0.29) is 27.4 Å². The molecule has 0 bridgehead atoms. The van der Waals surface area contributed by atoms with Gasteiger partial charge in [-0.05, 0) is 55.9 Å². The lowest BCUT2D eigenvalue weighted by molar-refractivity contribution is -0.132. The van der Waals surface area contributed by atoms with E-state index in [4.69, 9.17) is 5.73 Å². The number of rotatable bonds is 8. The first-order valence-corrected chi connectivity index (χ1v) is 13.3. The van der Waals surface area contributed by atoms with Crippen molar-refractivity contribution in [2.45, 2.75) is 49.8 Å². The molecule has 11 heteroatoms. The molecule has 2 heterocycles. The van der Waals surface area contributed by atoms with Gasteiger partial charge in [0.05, 0.1) is 10.4 Å². The SMILES string of the molecule is CC=CC(=CC)C(N)C(=O)N1CCC(c2ccc(S(=O)(=O)Nc3scnc3C(O)O)cc2)CC1. The number of hydrogen-bond donors (Lipinski definition) is 4. The molecule has 9 nitrogen and oxygen atoms in total. The smallest absolute Gasteiger partial charge is 0.262 e. The molecule has 1 aromatic heterocycles. The van der Waals surface area contributed by atoms with Gasteiger partial charge >= 0.3 is 0 Å². The summed E-state index contributed by atoms with van der Waals surface area (Å²) < 4.78 is 27.8. The molecule has 5 N–H and O–H groups in total. The molecule has 0 spiro atoms. The minimum Gasteiger partial charge on any atom is -0.363 e. The van der Waals surface area contributed by atoms with Crippen LogP contribution in [0, 0.1) is 0 Å². The Hall–Kier alpha value is -2.57. The van der Waals surface area contributed by atoms with Crippen molar-refractivity contribution in [3.63, 3.8) is 0 Å². The molecule has 1 aromatic carbocycles. The van der Waals surface area contributed by atoms with E-state index in [1.54, 1.807) is 17.0 Å². The summed E-state index contributed by atoms with van der Waals surface area (Å²) in [6, 6.07) is 5.93. The Kier molecular flexibility index (Phi) is 8.61. The predicted molar refractivity (Wildman–Crippen MR) is 132 cm³/mol. The van der Waals surface area contributed by atoms with Crippen LogP contribution in [0.15, 0.2) is 58.5 Å². The molecule has 1 atom stereocenters. The van der Waals surface area contributed by atoms with Crippen LogP contribution in [0.25, 0.3) is 0 Å². The van der Waals surface area contributed by atoms with Crippen LogP contribution in [0.1, 0.15) is 50.2 Å². The van der Waals surface area contributed by atoms with Gasteiger partial charge in [-0.3, -0.25) is 9.52 Å². The van der Waals surface area contributed by atoms with Gasteiger partial charge in [-0.2, -0.15) is 0 Å². The lowest BCUT2D eigenvalue weighted by Gasteiger charge is -2.34. The Balaban J connectivity index is 1.63. The summed E-state index contributed by atoms with van der Waals surface area (Å²) in [5.41, 5.74) is 9.15.